The van der Waals surface area contributed by atoms with Crippen LogP contribution in [-0.2, 0) is 17.9 Å². The summed E-state index contributed by atoms with van der Waals surface area (Å²) in [5, 5.41) is 4.64. The van der Waals surface area contributed by atoms with E-state index < -0.39 is 5.69 Å². The molecule has 2 heterocycles. The molecule has 1 N–H and O–H groups in total. The second kappa shape index (κ2) is 9.46. The fraction of sp³-hybridized carbons (Fsp3) is 0.240. The number of carbonyl (C=O) groups is 1. The van der Waals surface area contributed by atoms with Crippen molar-refractivity contribution in [3.63, 3.8) is 0 Å². The van der Waals surface area contributed by atoms with E-state index >= 15 is 0 Å². The van der Waals surface area contributed by atoms with Gasteiger partial charge in [0.25, 0.3) is 5.56 Å². The topological polar surface area (TPSA) is 82.3 Å². The van der Waals surface area contributed by atoms with Crippen molar-refractivity contribution in [1.29, 1.82) is 0 Å². The van der Waals surface area contributed by atoms with Crippen molar-refractivity contribution in [3.8, 4) is 5.75 Å². The monoisotopic (exact) mass is 463 g/mol. The Kier molecular flexibility index (Phi) is 6.46. The number of benzene rings is 2. The summed E-state index contributed by atoms with van der Waals surface area (Å²) in [5.74, 6) is 0.343. The van der Waals surface area contributed by atoms with Crippen molar-refractivity contribution < 1.29 is 9.53 Å². The molecule has 4 rings (SSSR count). The minimum absolute atomic E-state index is 0.0883. The largest absolute Gasteiger partial charge is 0.494 e. The number of anilines is 1. The van der Waals surface area contributed by atoms with Crippen molar-refractivity contribution in [1.82, 2.24) is 9.13 Å². The summed E-state index contributed by atoms with van der Waals surface area (Å²) in [5.41, 5.74) is 3.00. The van der Waals surface area contributed by atoms with E-state index in [1.165, 1.54) is 20.5 Å². The molecule has 4 aromatic rings. The first-order chi connectivity index (χ1) is 15.9. The minimum atomic E-state index is -0.524. The second-order valence-corrected chi connectivity index (χ2v) is 8.76. The third-order valence-electron chi connectivity index (χ3n) is 5.36. The zero-order valence-corrected chi connectivity index (χ0v) is 19.6. The van der Waals surface area contributed by atoms with Crippen molar-refractivity contribution in [2.45, 2.75) is 33.9 Å². The van der Waals surface area contributed by atoms with Crippen LogP contribution in [0, 0.1) is 13.8 Å². The van der Waals surface area contributed by atoms with Crippen LogP contribution in [0.25, 0.3) is 10.2 Å². The lowest BCUT2D eigenvalue weighted by Crippen LogP contribution is -2.41. The Morgan fingerprint density at radius 3 is 2.67 bits per heavy atom. The zero-order chi connectivity index (χ0) is 23.5. The van der Waals surface area contributed by atoms with E-state index in [1.54, 1.807) is 11.4 Å². The van der Waals surface area contributed by atoms with E-state index in [1.807, 2.05) is 63.2 Å². The van der Waals surface area contributed by atoms with Crippen molar-refractivity contribution >= 4 is 33.1 Å². The molecule has 0 aliphatic carbocycles. The van der Waals surface area contributed by atoms with Gasteiger partial charge in [-0.15, -0.1) is 11.3 Å². The van der Waals surface area contributed by atoms with Crippen molar-refractivity contribution in [3.05, 3.63) is 91.4 Å². The molecular weight excluding hydrogens is 438 g/mol. The Hall–Kier alpha value is -3.65. The number of aryl methyl sites for hydroxylation is 2. The quantitative estimate of drug-likeness (QED) is 0.450. The van der Waals surface area contributed by atoms with Gasteiger partial charge in [-0.25, -0.2) is 4.79 Å². The van der Waals surface area contributed by atoms with Gasteiger partial charge in [-0.05, 0) is 67.1 Å². The predicted octanol–water partition coefficient (Wildman–Crippen LogP) is 3.93. The Morgan fingerprint density at radius 2 is 1.88 bits per heavy atom. The summed E-state index contributed by atoms with van der Waals surface area (Å²) in [6.45, 7) is 6.17. The average Bonchev–Trinajstić information content (AvgIpc) is 3.27. The number of hydrogen-bond acceptors (Lipinski definition) is 5. The van der Waals surface area contributed by atoms with E-state index in [0.717, 1.165) is 16.7 Å². The second-order valence-electron chi connectivity index (χ2n) is 7.84. The summed E-state index contributed by atoms with van der Waals surface area (Å²) in [6, 6.07) is 14.8. The molecule has 0 radical (unpaired) electrons. The maximum Gasteiger partial charge on any atom is 0.332 e. The molecule has 0 spiro atoms. The van der Waals surface area contributed by atoms with Gasteiger partial charge in [0.1, 0.15) is 17.0 Å². The molecule has 2 aromatic heterocycles. The minimum Gasteiger partial charge on any atom is -0.494 e. The molecular formula is C25H25N3O4S. The number of nitrogens with zero attached hydrogens (tertiary/aromatic N) is 2. The molecule has 0 fully saturated rings. The third-order valence-corrected chi connectivity index (χ3v) is 6.25. The number of ether oxygens (including phenoxy) is 1. The maximum absolute atomic E-state index is 13.3. The highest BCUT2D eigenvalue weighted by Gasteiger charge is 2.17. The van der Waals surface area contributed by atoms with Crippen LogP contribution in [0.4, 0.5) is 5.69 Å². The molecule has 0 aliphatic rings. The van der Waals surface area contributed by atoms with Crippen LogP contribution in [0.2, 0.25) is 0 Å². The average molecular weight is 464 g/mol. The highest BCUT2D eigenvalue weighted by Crippen LogP contribution is 2.19. The molecule has 0 bridgehead atoms. The van der Waals surface area contributed by atoms with E-state index in [9.17, 15) is 14.4 Å². The predicted molar refractivity (Wildman–Crippen MR) is 132 cm³/mol. The SMILES string of the molecule is CCOc1cccc(Cn2c(=O)c3sccc3n(CC(=O)Nc3cc(C)ccc3C)c2=O)c1. The van der Waals surface area contributed by atoms with E-state index in [-0.39, 0.29) is 24.6 Å². The molecule has 2 aromatic carbocycles. The standard InChI is InChI=1S/C25H25N3O4S/c1-4-32-19-7-5-6-18(13-19)14-28-24(30)23-21(10-11-33-23)27(25(28)31)15-22(29)26-20-12-16(2)8-9-17(20)3/h5-13H,4,14-15H2,1-3H3,(H,26,29). The number of nitrogens with one attached hydrogen (secondary N) is 1. The van der Waals surface area contributed by atoms with Gasteiger partial charge in [-0.1, -0.05) is 24.3 Å². The van der Waals surface area contributed by atoms with Gasteiger partial charge in [0.15, 0.2) is 0 Å². The Balaban J connectivity index is 1.70. The molecule has 33 heavy (non-hydrogen) atoms. The number of thiophene rings is 1. The lowest BCUT2D eigenvalue weighted by molar-refractivity contribution is -0.116. The Bertz CT molecular complexity index is 1450. The molecule has 170 valence electrons. The fourth-order valence-electron chi connectivity index (χ4n) is 3.71. The zero-order valence-electron chi connectivity index (χ0n) is 18.8. The fourth-order valence-corrected chi connectivity index (χ4v) is 4.56. The van der Waals surface area contributed by atoms with Crippen LogP contribution in [0.15, 0.2) is 63.5 Å². The molecule has 0 atom stereocenters. The van der Waals surface area contributed by atoms with Crippen LogP contribution in [0.5, 0.6) is 5.75 Å². The number of aromatic nitrogens is 2. The maximum atomic E-state index is 13.3. The summed E-state index contributed by atoms with van der Waals surface area (Å²) in [7, 11) is 0. The Labute approximate surface area is 194 Å². The van der Waals surface area contributed by atoms with E-state index in [0.29, 0.717) is 28.3 Å². The van der Waals surface area contributed by atoms with Crippen LogP contribution in [-0.4, -0.2) is 21.6 Å². The molecule has 0 saturated heterocycles. The van der Waals surface area contributed by atoms with Gasteiger partial charge in [-0.3, -0.25) is 18.7 Å². The van der Waals surface area contributed by atoms with E-state index in [2.05, 4.69) is 5.32 Å². The number of hydrogen-bond donors (Lipinski definition) is 1. The Morgan fingerprint density at radius 1 is 1.06 bits per heavy atom. The van der Waals surface area contributed by atoms with Crippen LogP contribution < -0.4 is 21.3 Å². The van der Waals surface area contributed by atoms with Gasteiger partial charge < -0.3 is 10.1 Å². The first-order valence-electron chi connectivity index (χ1n) is 10.7. The van der Waals surface area contributed by atoms with Gasteiger partial charge in [0.2, 0.25) is 5.91 Å². The van der Waals surface area contributed by atoms with Crippen LogP contribution in [0.1, 0.15) is 23.6 Å². The summed E-state index contributed by atoms with van der Waals surface area (Å²) < 4.78 is 8.51. The lowest BCUT2D eigenvalue weighted by atomic mass is 10.1. The molecule has 1 amide bonds. The number of amides is 1. The van der Waals surface area contributed by atoms with E-state index in [4.69, 9.17) is 4.74 Å². The summed E-state index contributed by atoms with van der Waals surface area (Å²) in [6.07, 6.45) is 0. The van der Waals surface area contributed by atoms with Crippen LogP contribution in [0.3, 0.4) is 0 Å². The smallest absolute Gasteiger partial charge is 0.332 e. The molecule has 8 heteroatoms. The summed E-state index contributed by atoms with van der Waals surface area (Å²) in [4.78, 5) is 39.3. The van der Waals surface area contributed by atoms with Gasteiger partial charge in [0.05, 0.1) is 18.7 Å². The highest BCUT2D eigenvalue weighted by atomic mass is 32.1. The number of fused-ring (bicyclic) bond motifs is 1. The summed E-state index contributed by atoms with van der Waals surface area (Å²) >= 11 is 1.26. The molecule has 7 nitrogen and oxygen atoms in total. The first kappa shape index (κ1) is 22.5. The molecule has 0 unspecified atom stereocenters. The molecule has 0 saturated carbocycles. The van der Waals surface area contributed by atoms with Gasteiger partial charge in [-0.2, -0.15) is 0 Å². The molecule has 0 aliphatic heterocycles. The van der Waals surface area contributed by atoms with Gasteiger partial charge in [0, 0.05) is 5.69 Å². The van der Waals surface area contributed by atoms with Crippen molar-refractivity contribution in [2.75, 3.05) is 11.9 Å². The highest BCUT2D eigenvalue weighted by molar-refractivity contribution is 7.17. The van der Waals surface area contributed by atoms with Crippen LogP contribution >= 0.6 is 11.3 Å². The van der Waals surface area contributed by atoms with Gasteiger partial charge >= 0.3 is 5.69 Å². The third kappa shape index (κ3) is 4.75. The number of rotatable bonds is 7. The van der Waals surface area contributed by atoms with Crippen molar-refractivity contribution in [2.24, 2.45) is 0 Å². The first-order valence-corrected chi connectivity index (χ1v) is 11.5. The lowest BCUT2D eigenvalue weighted by Gasteiger charge is -2.14. The normalized spacial score (nSPS) is 11.0. The number of carbonyl (C=O) groups excluding carboxylic acids is 1.